The summed E-state index contributed by atoms with van der Waals surface area (Å²) in [6.07, 6.45) is 43.8. The predicted molar refractivity (Wildman–Crippen MR) is 260 cm³/mol. The zero-order chi connectivity index (χ0) is 48.8. The Morgan fingerprint density at radius 2 is 0.697 bits per heavy atom. The molecule has 0 amide bonds. The summed E-state index contributed by atoms with van der Waals surface area (Å²) in [6.45, 7) is 0.196. The van der Waals surface area contributed by atoms with E-state index in [4.69, 9.17) is 9.47 Å². The Bertz CT molecular complexity index is 1420. The van der Waals surface area contributed by atoms with E-state index in [-0.39, 0.29) is 12.8 Å². The van der Waals surface area contributed by atoms with E-state index < -0.39 is 85.5 Å². The maximum atomic E-state index is 12.2. The van der Waals surface area contributed by atoms with Gasteiger partial charge in [0.2, 0.25) is 0 Å². The van der Waals surface area contributed by atoms with Crippen LogP contribution in [0.4, 0.5) is 0 Å². The van der Waals surface area contributed by atoms with E-state index in [1.165, 1.54) is 109 Å². The molecule has 0 spiro atoms. The van der Waals surface area contributed by atoms with Gasteiger partial charge in [0.15, 0.2) is 0 Å². The number of phosphoric acid groups is 2. The second kappa shape index (κ2) is 45.2. The predicted octanol–water partition coefficient (Wildman–Crippen LogP) is 11.4. The Balaban J connectivity index is 3.88. The lowest BCUT2D eigenvalue weighted by atomic mass is 10.0. The number of carbonyl (C=O) groups is 2. The van der Waals surface area contributed by atoms with Crippen molar-refractivity contribution in [3.05, 3.63) is 60.8 Å². The highest BCUT2D eigenvalue weighted by Gasteiger charge is 2.28. The Labute approximate surface area is 397 Å². The molecular weight excluding hydrogens is 890 g/mol. The molecule has 384 valence electrons. The second-order valence-corrected chi connectivity index (χ2v) is 19.5. The minimum atomic E-state index is -4.80. The summed E-state index contributed by atoms with van der Waals surface area (Å²) in [4.78, 5) is 43.7. The second-order valence-electron chi connectivity index (χ2n) is 16.6. The van der Waals surface area contributed by atoms with Crippen molar-refractivity contribution in [3.63, 3.8) is 0 Å². The van der Waals surface area contributed by atoms with Crippen molar-refractivity contribution in [2.45, 2.75) is 199 Å². The van der Waals surface area contributed by atoms with E-state index >= 15 is 0 Å². The molecule has 0 saturated carbocycles. The topological polar surface area (TPSA) is 225 Å². The van der Waals surface area contributed by atoms with Crippen LogP contribution in [0.1, 0.15) is 181 Å². The summed E-state index contributed by atoms with van der Waals surface area (Å²) in [7, 11) is -9.59. The molecule has 5 unspecified atom stereocenters. The third-order valence-corrected chi connectivity index (χ3v) is 12.0. The summed E-state index contributed by atoms with van der Waals surface area (Å²) in [5, 5.41) is 30.0. The van der Waals surface area contributed by atoms with E-state index in [1.54, 1.807) is 0 Å². The zero-order valence-electron chi connectivity index (χ0n) is 40.3. The lowest BCUT2D eigenvalue weighted by Crippen LogP contribution is -2.25. The SMILES string of the molecule is CC/C=C/C=C/C=C\C=C/C=C/CCCC(=O)OCC(O)COP(=O)(O)OCC(O)COP(=O)(O)OCC(O)COC(=O)CCCCCCCCCCCCCCCCCCCCCCC. The van der Waals surface area contributed by atoms with Crippen LogP contribution >= 0.6 is 15.6 Å². The summed E-state index contributed by atoms with van der Waals surface area (Å²) in [6, 6.07) is 0. The molecule has 0 heterocycles. The Morgan fingerprint density at radius 3 is 1.05 bits per heavy atom. The number of aliphatic hydroxyl groups is 3. The van der Waals surface area contributed by atoms with Gasteiger partial charge in [-0.2, -0.15) is 0 Å². The fourth-order valence-corrected chi connectivity index (χ4v) is 7.89. The van der Waals surface area contributed by atoms with Gasteiger partial charge in [0.25, 0.3) is 0 Å². The first-order valence-electron chi connectivity index (χ1n) is 24.7. The highest BCUT2D eigenvalue weighted by Crippen LogP contribution is 2.45. The van der Waals surface area contributed by atoms with Gasteiger partial charge in [-0.3, -0.25) is 27.7 Å². The number of unbranched alkanes of at least 4 members (excludes halogenated alkanes) is 21. The number of hydrogen-bond acceptors (Lipinski definition) is 13. The summed E-state index contributed by atoms with van der Waals surface area (Å²) in [5.74, 6) is -1.06. The normalized spacial score (nSPS) is 15.6. The van der Waals surface area contributed by atoms with E-state index in [0.29, 0.717) is 19.3 Å². The number of allylic oxidation sites excluding steroid dienone is 10. The van der Waals surface area contributed by atoms with Crippen molar-refractivity contribution in [1.29, 1.82) is 0 Å². The average Bonchev–Trinajstić information content (AvgIpc) is 3.29. The Kier molecular flexibility index (Phi) is 43.7. The number of carbonyl (C=O) groups excluding carboxylic acids is 2. The molecule has 0 bridgehead atoms. The number of ether oxygens (including phenoxy) is 2. The molecule has 15 nitrogen and oxygen atoms in total. The molecular formula is C49H88O15P2. The van der Waals surface area contributed by atoms with Gasteiger partial charge in [0.1, 0.15) is 31.5 Å². The van der Waals surface area contributed by atoms with Crippen molar-refractivity contribution >= 4 is 27.6 Å². The maximum Gasteiger partial charge on any atom is 0.472 e. The first kappa shape index (κ1) is 63.7. The number of aliphatic hydroxyl groups excluding tert-OH is 3. The van der Waals surface area contributed by atoms with Crippen LogP contribution in [0.3, 0.4) is 0 Å². The molecule has 0 radical (unpaired) electrons. The van der Waals surface area contributed by atoms with Gasteiger partial charge in [0.05, 0.1) is 26.4 Å². The molecule has 0 aromatic carbocycles. The van der Waals surface area contributed by atoms with Gasteiger partial charge < -0.3 is 34.6 Å². The van der Waals surface area contributed by atoms with E-state index in [2.05, 4.69) is 38.0 Å². The van der Waals surface area contributed by atoms with Crippen LogP contribution in [0.15, 0.2) is 60.8 Å². The smallest absolute Gasteiger partial charge is 0.463 e. The highest BCUT2D eigenvalue weighted by atomic mass is 31.2. The van der Waals surface area contributed by atoms with Crippen molar-refractivity contribution in [2.24, 2.45) is 0 Å². The van der Waals surface area contributed by atoms with Crippen molar-refractivity contribution in [2.75, 3.05) is 39.6 Å². The fourth-order valence-electron chi connectivity index (χ4n) is 6.30. The van der Waals surface area contributed by atoms with Crippen LogP contribution in [0.5, 0.6) is 0 Å². The molecule has 0 fully saturated rings. The molecule has 0 aromatic rings. The third kappa shape index (κ3) is 46.8. The minimum absolute atomic E-state index is 0.0979. The lowest BCUT2D eigenvalue weighted by molar-refractivity contribution is -0.148. The molecule has 5 atom stereocenters. The van der Waals surface area contributed by atoms with E-state index in [0.717, 1.165) is 25.7 Å². The first-order valence-corrected chi connectivity index (χ1v) is 27.7. The standard InChI is InChI=1S/C49H88O15P2/c1-3-5-7-9-11-13-15-17-18-19-20-21-22-23-24-26-28-30-32-34-36-38-49(54)60-40-46(51)42-62-66(57,58)64-44-47(52)43-63-65(55,56)61-41-45(50)39-59-48(53)37-35-33-31-29-27-25-16-14-12-10-8-6-4-2/h6,8,10,12,14,16,25,27,29,31,45-47,50-52H,3-5,7,9,11,13,15,17-24,26,28,30,32-44H2,1-2H3,(H,55,56)(H,57,58)/b8-6+,12-10+,16-14-,27-25-,31-29+. The summed E-state index contributed by atoms with van der Waals surface area (Å²) < 4.78 is 52.9. The van der Waals surface area contributed by atoms with Gasteiger partial charge in [-0.25, -0.2) is 9.13 Å². The van der Waals surface area contributed by atoms with Crippen LogP contribution in [0.25, 0.3) is 0 Å². The lowest BCUT2D eigenvalue weighted by Gasteiger charge is -2.19. The molecule has 66 heavy (non-hydrogen) atoms. The molecule has 0 aliphatic rings. The fraction of sp³-hybridized carbons (Fsp3) is 0.755. The van der Waals surface area contributed by atoms with E-state index in [1.807, 2.05) is 54.7 Å². The Hall–Kier alpha value is -2.26. The molecule has 0 rings (SSSR count). The molecule has 5 N–H and O–H groups in total. The summed E-state index contributed by atoms with van der Waals surface area (Å²) in [5.41, 5.74) is 0. The van der Waals surface area contributed by atoms with Crippen LogP contribution in [-0.2, 0) is 46.3 Å². The number of esters is 2. The van der Waals surface area contributed by atoms with Crippen LogP contribution in [0.2, 0.25) is 0 Å². The molecule has 0 aliphatic heterocycles. The quantitative estimate of drug-likeness (QED) is 0.0165. The molecule has 0 aliphatic carbocycles. The average molecular weight is 979 g/mol. The van der Waals surface area contributed by atoms with Gasteiger partial charge in [-0.1, -0.05) is 203 Å². The summed E-state index contributed by atoms with van der Waals surface area (Å²) >= 11 is 0. The van der Waals surface area contributed by atoms with Crippen molar-refractivity contribution in [3.8, 4) is 0 Å². The number of rotatable bonds is 47. The minimum Gasteiger partial charge on any atom is -0.463 e. The number of phosphoric ester groups is 2. The van der Waals surface area contributed by atoms with Gasteiger partial charge in [-0.05, 0) is 25.7 Å². The molecule has 0 aromatic heterocycles. The van der Waals surface area contributed by atoms with Gasteiger partial charge >= 0.3 is 27.6 Å². The Morgan fingerprint density at radius 1 is 0.409 bits per heavy atom. The largest absolute Gasteiger partial charge is 0.472 e. The number of hydrogen-bond donors (Lipinski definition) is 5. The first-order chi connectivity index (χ1) is 31.8. The third-order valence-electron chi connectivity index (χ3n) is 10.1. The zero-order valence-corrected chi connectivity index (χ0v) is 42.1. The van der Waals surface area contributed by atoms with Crippen molar-refractivity contribution < 1.29 is 71.4 Å². The molecule has 17 heteroatoms. The van der Waals surface area contributed by atoms with Gasteiger partial charge in [0, 0.05) is 12.8 Å². The maximum absolute atomic E-state index is 12.2. The monoisotopic (exact) mass is 979 g/mol. The van der Waals surface area contributed by atoms with Crippen LogP contribution < -0.4 is 0 Å². The van der Waals surface area contributed by atoms with Gasteiger partial charge in [-0.15, -0.1) is 0 Å². The van der Waals surface area contributed by atoms with Crippen LogP contribution in [0, 0.1) is 0 Å². The highest BCUT2D eigenvalue weighted by molar-refractivity contribution is 7.47. The van der Waals surface area contributed by atoms with Crippen molar-refractivity contribution in [1.82, 2.24) is 0 Å². The van der Waals surface area contributed by atoms with Crippen LogP contribution in [-0.4, -0.2) is 95.0 Å². The van der Waals surface area contributed by atoms with E-state index in [9.17, 15) is 43.8 Å². The molecule has 0 saturated heterocycles.